The molecule has 184 valence electrons. The standard InChI is InChI=1S/C30H38N4O/c1-18(2)28-26-17-21(4-7-27(26)33-29(28)22-8-11-31-19(3)14-22)20-9-12-34(13-10-20)30(35)23-15-24-5-6-25(16-23)32-24/h4,7-8,11,14,17-18,20,23-25,32-33H,5-6,9-10,12-13,15-16H2,1-3H3/t23-,24+,25-. The molecule has 0 unspecified atom stereocenters. The van der Waals surface area contributed by atoms with Crippen molar-refractivity contribution >= 4 is 16.8 Å². The van der Waals surface area contributed by atoms with Gasteiger partial charge in [0.1, 0.15) is 0 Å². The highest BCUT2D eigenvalue weighted by Crippen LogP contribution is 2.39. The number of fused-ring (bicyclic) bond motifs is 3. The summed E-state index contributed by atoms with van der Waals surface area (Å²) in [6.07, 6.45) is 8.60. The Bertz CT molecular complexity index is 1220. The number of aromatic amines is 1. The number of aryl methyl sites for hydroxylation is 1. The Hall–Kier alpha value is -2.66. The molecule has 6 rings (SSSR count). The number of H-pyrrole nitrogens is 1. The summed E-state index contributed by atoms with van der Waals surface area (Å²) in [5.74, 6) is 1.60. The first-order valence-electron chi connectivity index (χ1n) is 13.6. The molecule has 3 aliphatic rings. The molecule has 0 saturated carbocycles. The summed E-state index contributed by atoms with van der Waals surface area (Å²) in [5, 5.41) is 5.01. The second kappa shape index (κ2) is 9.09. The van der Waals surface area contributed by atoms with Gasteiger partial charge in [0.2, 0.25) is 5.91 Å². The lowest BCUT2D eigenvalue weighted by atomic mass is 9.86. The van der Waals surface area contributed by atoms with Crippen molar-refractivity contribution in [3.8, 4) is 11.3 Å². The summed E-state index contributed by atoms with van der Waals surface area (Å²) in [5.41, 5.74) is 7.47. The van der Waals surface area contributed by atoms with Gasteiger partial charge in [-0.3, -0.25) is 9.78 Å². The van der Waals surface area contributed by atoms with Gasteiger partial charge in [-0.15, -0.1) is 0 Å². The first-order chi connectivity index (χ1) is 17.0. The van der Waals surface area contributed by atoms with Crippen LogP contribution in [-0.2, 0) is 4.79 Å². The van der Waals surface area contributed by atoms with E-state index in [1.165, 1.54) is 46.1 Å². The molecule has 5 heteroatoms. The Labute approximate surface area is 208 Å². The van der Waals surface area contributed by atoms with E-state index in [0.29, 0.717) is 29.8 Å². The topological polar surface area (TPSA) is 61.0 Å². The van der Waals surface area contributed by atoms with E-state index < -0.39 is 0 Å². The van der Waals surface area contributed by atoms with Gasteiger partial charge in [0.25, 0.3) is 0 Å². The van der Waals surface area contributed by atoms with Crippen LogP contribution < -0.4 is 5.32 Å². The lowest BCUT2D eigenvalue weighted by molar-refractivity contribution is -0.137. The zero-order chi connectivity index (χ0) is 24.1. The molecule has 5 nitrogen and oxygen atoms in total. The van der Waals surface area contributed by atoms with Crippen LogP contribution in [-0.4, -0.2) is 45.9 Å². The van der Waals surface area contributed by atoms with Gasteiger partial charge in [-0.2, -0.15) is 0 Å². The molecule has 0 aliphatic carbocycles. The number of nitrogens with one attached hydrogen (secondary N) is 2. The fourth-order valence-electron chi connectivity index (χ4n) is 6.96. The highest BCUT2D eigenvalue weighted by atomic mass is 16.2. The van der Waals surface area contributed by atoms with E-state index >= 15 is 0 Å². The summed E-state index contributed by atoms with van der Waals surface area (Å²) in [6, 6.07) is 12.4. The Balaban J connectivity index is 1.20. The van der Waals surface area contributed by atoms with Crippen molar-refractivity contribution in [3.05, 3.63) is 53.3 Å². The quantitative estimate of drug-likeness (QED) is 0.499. The van der Waals surface area contributed by atoms with Crippen molar-refractivity contribution in [2.45, 2.75) is 83.2 Å². The summed E-state index contributed by atoms with van der Waals surface area (Å²) in [7, 11) is 0. The maximum absolute atomic E-state index is 13.3. The van der Waals surface area contributed by atoms with E-state index in [2.05, 4.69) is 64.4 Å². The molecule has 3 aliphatic heterocycles. The Morgan fingerprint density at radius 3 is 2.46 bits per heavy atom. The zero-order valence-corrected chi connectivity index (χ0v) is 21.3. The maximum Gasteiger partial charge on any atom is 0.225 e. The Morgan fingerprint density at radius 1 is 1.03 bits per heavy atom. The monoisotopic (exact) mass is 470 g/mol. The fourth-order valence-corrected chi connectivity index (χ4v) is 6.96. The summed E-state index contributed by atoms with van der Waals surface area (Å²) >= 11 is 0. The van der Waals surface area contributed by atoms with Crippen molar-refractivity contribution < 1.29 is 4.79 Å². The highest BCUT2D eigenvalue weighted by molar-refractivity contribution is 5.92. The first kappa shape index (κ1) is 22.8. The van der Waals surface area contributed by atoms with Crippen LogP contribution in [0.15, 0.2) is 36.5 Å². The number of hydrogen-bond donors (Lipinski definition) is 2. The maximum atomic E-state index is 13.3. The number of carbonyl (C=O) groups is 1. The van der Waals surface area contributed by atoms with E-state index in [9.17, 15) is 4.79 Å². The average Bonchev–Trinajstić information content (AvgIpc) is 3.42. The van der Waals surface area contributed by atoms with Gasteiger partial charge in [0, 0.05) is 59.4 Å². The molecular weight excluding hydrogens is 432 g/mol. The van der Waals surface area contributed by atoms with Crippen molar-refractivity contribution in [3.63, 3.8) is 0 Å². The summed E-state index contributed by atoms with van der Waals surface area (Å²) in [6.45, 7) is 8.40. The Morgan fingerprint density at radius 2 is 1.77 bits per heavy atom. The zero-order valence-electron chi connectivity index (χ0n) is 21.3. The van der Waals surface area contributed by atoms with Gasteiger partial charge in [0.15, 0.2) is 0 Å². The van der Waals surface area contributed by atoms with Crippen molar-refractivity contribution in [2.75, 3.05) is 13.1 Å². The number of amides is 1. The number of benzene rings is 1. The van der Waals surface area contributed by atoms with E-state index in [-0.39, 0.29) is 5.92 Å². The number of nitrogens with zero attached hydrogens (tertiary/aromatic N) is 2. The number of pyridine rings is 1. The Kier molecular flexibility index (Phi) is 5.92. The van der Waals surface area contributed by atoms with Crippen molar-refractivity contribution in [1.29, 1.82) is 0 Å². The van der Waals surface area contributed by atoms with E-state index in [0.717, 1.165) is 44.5 Å². The predicted molar refractivity (Wildman–Crippen MR) is 142 cm³/mol. The molecule has 0 spiro atoms. The molecule has 1 aromatic carbocycles. The lowest BCUT2D eigenvalue weighted by Gasteiger charge is -2.37. The molecule has 35 heavy (non-hydrogen) atoms. The normalized spacial score (nSPS) is 25.0. The number of likely N-dealkylation sites (tertiary alicyclic amines) is 1. The van der Waals surface area contributed by atoms with Gasteiger partial charge < -0.3 is 15.2 Å². The first-order valence-corrected chi connectivity index (χ1v) is 13.6. The third-order valence-corrected chi connectivity index (χ3v) is 8.73. The van der Waals surface area contributed by atoms with Gasteiger partial charge in [0.05, 0.1) is 5.69 Å². The fraction of sp³-hybridized carbons (Fsp3) is 0.533. The average molecular weight is 471 g/mol. The molecule has 2 N–H and O–H groups in total. The van der Waals surface area contributed by atoms with E-state index in [4.69, 9.17) is 0 Å². The number of rotatable bonds is 4. The third-order valence-electron chi connectivity index (χ3n) is 8.73. The number of hydrogen-bond acceptors (Lipinski definition) is 3. The highest BCUT2D eigenvalue weighted by Gasteiger charge is 2.39. The number of carbonyl (C=O) groups excluding carboxylic acids is 1. The minimum absolute atomic E-state index is 0.241. The van der Waals surface area contributed by atoms with Crippen LogP contribution in [0.2, 0.25) is 0 Å². The van der Waals surface area contributed by atoms with Crippen LogP contribution in [0.3, 0.4) is 0 Å². The van der Waals surface area contributed by atoms with E-state index in [1.807, 2.05) is 13.1 Å². The largest absolute Gasteiger partial charge is 0.354 e. The molecule has 2 bridgehead atoms. The van der Waals surface area contributed by atoms with E-state index in [1.54, 1.807) is 0 Å². The SMILES string of the molecule is Cc1cc(-c2[nH]c3ccc(C4CCN(C(=O)[C@H]5C[C@H]6CC[C@@H](C5)N6)CC4)cc3c2C(C)C)ccn1. The van der Waals surface area contributed by atoms with Crippen LogP contribution in [0.1, 0.15) is 81.0 Å². The van der Waals surface area contributed by atoms with Gasteiger partial charge in [-0.25, -0.2) is 0 Å². The minimum atomic E-state index is 0.241. The van der Waals surface area contributed by atoms with Crippen LogP contribution in [0.4, 0.5) is 0 Å². The number of piperidine rings is 2. The molecule has 1 amide bonds. The van der Waals surface area contributed by atoms with Crippen LogP contribution >= 0.6 is 0 Å². The number of aromatic nitrogens is 2. The molecule has 2 aromatic heterocycles. The molecule has 3 fully saturated rings. The van der Waals surface area contributed by atoms with Crippen LogP contribution in [0.25, 0.3) is 22.2 Å². The molecule has 3 atom stereocenters. The second-order valence-electron chi connectivity index (χ2n) is 11.5. The molecule has 3 aromatic rings. The van der Waals surface area contributed by atoms with Gasteiger partial charge >= 0.3 is 0 Å². The summed E-state index contributed by atoms with van der Waals surface area (Å²) in [4.78, 5) is 23.5. The second-order valence-corrected chi connectivity index (χ2v) is 11.5. The van der Waals surface area contributed by atoms with Crippen LogP contribution in [0, 0.1) is 12.8 Å². The van der Waals surface area contributed by atoms with Crippen molar-refractivity contribution in [2.24, 2.45) is 5.92 Å². The molecule has 0 radical (unpaired) electrons. The van der Waals surface area contributed by atoms with Crippen molar-refractivity contribution in [1.82, 2.24) is 20.2 Å². The summed E-state index contributed by atoms with van der Waals surface area (Å²) < 4.78 is 0. The smallest absolute Gasteiger partial charge is 0.225 e. The van der Waals surface area contributed by atoms with Gasteiger partial charge in [-0.1, -0.05) is 19.9 Å². The molecule has 3 saturated heterocycles. The molecular formula is C30H38N4O. The minimum Gasteiger partial charge on any atom is -0.354 e. The van der Waals surface area contributed by atoms with Crippen LogP contribution in [0.5, 0.6) is 0 Å². The predicted octanol–water partition coefficient (Wildman–Crippen LogP) is 5.90. The molecule has 5 heterocycles. The van der Waals surface area contributed by atoms with Gasteiger partial charge in [-0.05, 0) is 92.7 Å². The third kappa shape index (κ3) is 4.29. The lowest BCUT2D eigenvalue weighted by Crippen LogP contribution is -2.47.